The van der Waals surface area contributed by atoms with Gasteiger partial charge in [0.05, 0.1) is 0 Å². The van der Waals surface area contributed by atoms with E-state index in [-0.39, 0.29) is 0 Å². The lowest BCUT2D eigenvalue weighted by Gasteiger charge is -2.22. The average molecular weight is 331 g/mol. The van der Waals surface area contributed by atoms with Crippen molar-refractivity contribution in [3.63, 3.8) is 0 Å². The standard InChI is InChI=1S/C20H34N4/c1-4-21-20(22-15-10-6-5-7-11-16-23(2)3)24-17-14-18-12-8-9-13-19(18)24/h8-9,12-13H,4-7,10-11,14-17H2,1-3H3,(H,21,22). The van der Waals surface area contributed by atoms with Gasteiger partial charge in [-0.3, -0.25) is 4.99 Å². The summed E-state index contributed by atoms with van der Waals surface area (Å²) in [5, 5.41) is 3.46. The van der Waals surface area contributed by atoms with Crippen LogP contribution < -0.4 is 10.2 Å². The van der Waals surface area contributed by atoms with Crippen molar-refractivity contribution in [3.05, 3.63) is 29.8 Å². The Hall–Kier alpha value is -1.55. The number of nitrogens with zero attached hydrogens (tertiary/aromatic N) is 3. The van der Waals surface area contributed by atoms with E-state index in [4.69, 9.17) is 4.99 Å². The topological polar surface area (TPSA) is 30.9 Å². The van der Waals surface area contributed by atoms with E-state index in [9.17, 15) is 0 Å². The lowest BCUT2D eigenvalue weighted by molar-refractivity contribution is 0.390. The number of hydrogen-bond donors (Lipinski definition) is 1. The highest BCUT2D eigenvalue weighted by Crippen LogP contribution is 2.27. The van der Waals surface area contributed by atoms with Crippen molar-refractivity contribution in [2.45, 2.75) is 45.4 Å². The van der Waals surface area contributed by atoms with Crippen LogP contribution in [0, 0.1) is 0 Å². The van der Waals surface area contributed by atoms with E-state index in [1.807, 2.05) is 0 Å². The molecule has 0 unspecified atom stereocenters. The van der Waals surface area contributed by atoms with Gasteiger partial charge in [0.15, 0.2) is 5.96 Å². The van der Waals surface area contributed by atoms with Crippen molar-refractivity contribution in [2.75, 3.05) is 45.2 Å². The minimum Gasteiger partial charge on any atom is -0.356 e. The first-order valence-corrected chi connectivity index (χ1v) is 9.51. The molecule has 1 aliphatic heterocycles. The quantitative estimate of drug-likeness (QED) is 0.427. The molecule has 0 radical (unpaired) electrons. The van der Waals surface area contributed by atoms with Gasteiger partial charge in [0, 0.05) is 25.3 Å². The molecule has 0 aromatic heterocycles. The molecule has 4 nitrogen and oxygen atoms in total. The third-order valence-corrected chi connectivity index (χ3v) is 4.50. The Bertz CT molecular complexity index is 510. The lowest BCUT2D eigenvalue weighted by Crippen LogP contribution is -2.40. The second kappa shape index (κ2) is 10.3. The second-order valence-electron chi connectivity index (χ2n) is 6.84. The summed E-state index contributed by atoms with van der Waals surface area (Å²) >= 11 is 0. The number of aliphatic imine (C=N–C) groups is 1. The Balaban J connectivity index is 1.76. The van der Waals surface area contributed by atoms with Crippen molar-refractivity contribution in [2.24, 2.45) is 4.99 Å². The number of anilines is 1. The Morgan fingerprint density at radius 3 is 2.67 bits per heavy atom. The van der Waals surface area contributed by atoms with Gasteiger partial charge >= 0.3 is 0 Å². The van der Waals surface area contributed by atoms with Gasteiger partial charge in [0.2, 0.25) is 0 Å². The van der Waals surface area contributed by atoms with Gasteiger partial charge < -0.3 is 15.1 Å². The van der Waals surface area contributed by atoms with Crippen LogP contribution in [-0.4, -0.2) is 51.1 Å². The van der Waals surface area contributed by atoms with Crippen molar-refractivity contribution in [3.8, 4) is 0 Å². The molecule has 1 heterocycles. The van der Waals surface area contributed by atoms with Crippen LogP contribution >= 0.6 is 0 Å². The highest BCUT2D eigenvalue weighted by molar-refractivity contribution is 5.97. The Kier molecular flexibility index (Phi) is 8.10. The van der Waals surface area contributed by atoms with Crippen molar-refractivity contribution in [1.82, 2.24) is 10.2 Å². The van der Waals surface area contributed by atoms with Crippen LogP contribution in [-0.2, 0) is 6.42 Å². The number of guanidine groups is 1. The molecule has 2 rings (SSSR count). The number of hydrogen-bond acceptors (Lipinski definition) is 2. The summed E-state index contributed by atoms with van der Waals surface area (Å²) in [5.41, 5.74) is 2.75. The first kappa shape index (κ1) is 18.8. The first-order valence-electron chi connectivity index (χ1n) is 9.51. The number of benzene rings is 1. The molecule has 0 aliphatic carbocycles. The zero-order valence-electron chi connectivity index (χ0n) is 15.7. The molecule has 1 aliphatic rings. The van der Waals surface area contributed by atoms with Gasteiger partial charge in [-0.2, -0.15) is 0 Å². The van der Waals surface area contributed by atoms with Crippen LogP contribution in [0.15, 0.2) is 29.3 Å². The number of nitrogens with one attached hydrogen (secondary N) is 1. The second-order valence-corrected chi connectivity index (χ2v) is 6.84. The van der Waals surface area contributed by atoms with E-state index in [0.717, 1.165) is 32.0 Å². The average Bonchev–Trinajstić information content (AvgIpc) is 3.00. The monoisotopic (exact) mass is 330 g/mol. The van der Waals surface area contributed by atoms with Crippen molar-refractivity contribution < 1.29 is 0 Å². The fourth-order valence-electron chi connectivity index (χ4n) is 3.21. The lowest BCUT2D eigenvalue weighted by atomic mass is 10.1. The summed E-state index contributed by atoms with van der Waals surface area (Å²) in [7, 11) is 4.29. The fourth-order valence-corrected chi connectivity index (χ4v) is 3.21. The molecule has 0 spiro atoms. The van der Waals surface area contributed by atoms with E-state index < -0.39 is 0 Å². The Labute approximate surface area is 147 Å². The Morgan fingerprint density at radius 2 is 1.88 bits per heavy atom. The van der Waals surface area contributed by atoms with Gasteiger partial charge in [-0.1, -0.05) is 37.5 Å². The van der Waals surface area contributed by atoms with Gasteiger partial charge in [0.1, 0.15) is 0 Å². The summed E-state index contributed by atoms with van der Waals surface area (Å²) in [6, 6.07) is 8.68. The molecule has 1 aromatic rings. The number of fused-ring (bicyclic) bond motifs is 1. The third-order valence-electron chi connectivity index (χ3n) is 4.50. The number of rotatable bonds is 9. The molecule has 24 heavy (non-hydrogen) atoms. The molecule has 1 aromatic carbocycles. The maximum atomic E-state index is 4.86. The van der Waals surface area contributed by atoms with Crippen LogP contribution in [0.1, 0.15) is 44.6 Å². The molecule has 0 saturated carbocycles. The highest BCUT2D eigenvalue weighted by Gasteiger charge is 2.22. The third kappa shape index (κ3) is 5.82. The van der Waals surface area contributed by atoms with Gasteiger partial charge in [0.25, 0.3) is 0 Å². The normalized spacial score (nSPS) is 14.3. The minimum atomic E-state index is 0.919. The van der Waals surface area contributed by atoms with E-state index in [0.29, 0.717) is 0 Å². The molecule has 0 bridgehead atoms. The van der Waals surface area contributed by atoms with Crippen LogP contribution in [0.5, 0.6) is 0 Å². The molecular formula is C20H34N4. The maximum Gasteiger partial charge on any atom is 0.198 e. The van der Waals surface area contributed by atoms with E-state index in [1.54, 1.807) is 0 Å². The maximum absolute atomic E-state index is 4.86. The minimum absolute atomic E-state index is 0.919. The molecule has 0 atom stereocenters. The molecule has 4 heteroatoms. The molecule has 0 saturated heterocycles. The van der Waals surface area contributed by atoms with Crippen LogP contribution in [0.3, 0.4) is 0 Å². The molecule has 0 fully saturated rings. The molecule has 0 amide bonds. The van der Waals surface area contributed by atoms with E-state index >= 15 is 0 Å². The summed E-state index contributed by atoms with van der Waals surface area (Å²) < 4.78 is 0. The fraction of sp³-hybridized carbons (Fsp3) is 0.650. The molecule has 134 valence electrons. The zero-order chi connectivity index (χ0) is 17.2. The van der Waals surface area contributed by atoms with Gasteiger partial charge in [-0.05, 0) is 58.5 Å². The predicted molar refractivity (Wildman–Crippen MR) is 105 cm³/mol. The molecular weight excluding hydrogens is 296 g/mol. The largest absolute Gasteiger partial charge is 0.356 e. The summed E-state index contributed by atoms with van der Waals surface area (Å²) in [6.45, 7) is 6.23. The summed E-state index contributed by atoms with van der Waals surface area (Å²) in [4.78, 5) is 9.47. The number of para-hydroxylation sites is 1. The van der Waals surface area contributed by atoms with Crippen LogP contribution in [0.4, 0.5) is 5.69 Å². The zero-order valence-corrected chi connectivity index (χ0v) is 15.7. The van der Waals surface area contributed by atoms with Crippen molar-refractivity contribution >= 4 is 11.6 Å². The first-order chi connectivity index (χ1) is 11.7. The number of unbranched alkanes of at least 4 members (excludes halogenated alkanes) is 4. The molecule has 1 N–H and O–H groups in total. The Morgan fingerprint density at radius 1 is 1.12 bits per heavy atom. The van der Waals surface area contributed by atoms with Crippen LogP contribution in [0.25, 0.3) is 0 Å². The summed E-state index contributed by atoms with van der Waals surface area (Å²) in [6.07, 6.45) is 7.56. The van der Waals surface area contributed by atoms with Gasteiger partial charge in [-0.25, -0.2) is 0 Å². The van der Waals surface area contributed by atoms with Crippen molar-refractivity contribution in [1.29, 1.82) is 0 Å². The van der Waals surface area contributed by atoms with Crippen LogP contribution in [0.2, 0.25) is 0 Å². The highest BCUT2D eigenvalue weighted by atomic mass is 15.3. The smallest absolute Gasteiger partial charge is 0.198 e. The van der Waals surface area contributed by atoms with E-state index in [1.165, 1.54) is 49.9 Å². The van der Waals surface area contributed by atoms with Gasteiger partial charge in [-0.15, -0.1) is 0 Å². The SMILES string of the molecule is CCNC(=NCCCCCCCN(C)C)N1CCc2ccccc21. The predicted octanol–water partition coefficient (Wildman–Crippen LogP) is 3.53. The van der Waals surface area contributed by atoms with E-state index in [2.05, 4.69) is 60.4 Å². The summed E-state index contributed by atoms with van der Waals surface area (Å²) in [5.74, 6) is 1.05.